The van der Waals surface area contributed by atoms with Crippen molar-refractivity contribution < 1.29 is 13.2 Å². The van der Waals surface area contributed by atoms with Gasteiger partial charge in [0.15, 0.2) is 11.3 Å². The van der Waals surface area contributed by atoms with Crippen LogP contribution in [0.1, 0.15) is 24.2 Å². The van der Waals surface area contributed by atoms with E-state index in [0.29, 0.717) is 5.65 Å². The largest absolute Gasteiger partial charge is 0.342 e. The molecule has 1 aliphatic rings. The lowest BCUT2D eigenvalue weighted by Gasteiger charge is -2.29. The molecule has 8 heteroatoms. The highest BCUT2D eigenvalue weighted by atomic mass is 19.3. The van der Waals surface area contributed by atoms with Crippen LogP contribution in [0.4, 0.5) is 19.0 Å². The third kappa shape index (κ3) is 2.39. The van der Waals surface area contributed by atoms with E-state index in [4.69, 9.17) is 5.26 Å². The second kappa shape index (κ2) is 5.73. The Balaban J connectivity index is 1.85. The molecular weight excluding hydrogens is 343 g/mol. The Morgan fingerprint density at radius 2 is 2.08 bits per heavy atom. The quantitative estimate of drug-likeness (QED) is 0.704. The molecule has 26 heavy (non-hydrogen) atoms. The fraction of sp³-hybridized carbons (Fsp3) is 0.278. The first-order valence-electron chi connectivity index (χ1n) is 8.06. The van der Waals surface area contributed by atoms with Crippen LogP contribution >= 0.6 is 0 Å². The van der Waals surface area contributed by atoms with Crippen LogP contribution in [-0.2, 0) is 0 Å². The monoisotopic (exact) mass is 357 g/mol. The molecule has 3 aromatic rings. The standard InChI is InChI=1S/C18H14F3N5/c1-11-10-25(16-6-5-15-23-9-14(8-22)26(15)24-16)17(18(11,20)21)12-3-2-4-13(19)7-12/h2-7,9,11,17H,10H2,1H3/t11-,17+/m0/s1. The van der Waals surface area contributed by atoms with E-state index in [2.05, 4.69) is 10.1 Å². The molecule has 3 heterocycles. The average molecular weight is 357 g/mol. The van der Waals surface area contributed by atoms with Gasteiger partial charge >= 0.3 is 0 Å². The van der Waals surface area contributed by atoms with Gasteiger partial charge in [-0.1, -0.05) is 19.1 Å². The van der Waals surface area contributed by atoms with Crippen LogP contribution in [0.15, 0.2) is 42.6 Å². The Hall–Kier alpha value is -3.08. The zero-order valence-electron chi connectivity index (χ0n) is 13.8. The lowest BCUT2D eigenvalue weighted by molar-refractivity contribution is -0.0438. The molecule has 0 unspecified atom stereocenters. The number of aromatic nitrogens is 3. The lowest BCUT2D eigenvalue weighted by Crippen LogP contribution is -2.33. The highest BCUT2D eigenvalue weighted by Gasteiger charge is 2.55. The van der Waals surface area contributed by atoms with E-state index in [1.807, 2.05) is 6.07 Å². The Labute approximate surface area is 147 Å². The van der Waals surface area contributed by atoms with Crippen molar-refractivity contribution in [1.29, 1.82) is 5.26 Å². The number of anilines is 1. The van der Waals surface area contributed by atoms with E-state index >= 15 is 0 Å². The maximum absolute atomic E-state index is 14.9. The maximum atomic E-state index is 14.9. The minimum absolute atomic E-state index is 0.0588. The number of hydrogen-bond acceptors (Lipinski definition) is 4. The molecule has 5 nitrogen and oxygen atoms in total. The van der Waals surface area contributed by atoms with Crippen LogP contribution in [0.2, 0.25) is 0 Å². The van der Waals surface area contributed by atoms with Gasteiger partial charge in [0, 0.05) is 12.5 Å². The van der Waals surface area contributed by atoms with Crippen molar-refractivity contribution in [2.24, 2.45) is 5.92 Å². The molecule has 0 saturated carbocycles. The van der Waals surface area contributed by atoms with E-state index in [0.717, 1.165) is 6.07 Å². The van der Waals surface area contributed by atoms with Gasteiger partial charge in [-0.2, -0.15) is 5.26 Å². The van der Waals surface area contributed by atoms with Crippen LogP contribution < -0.4 is 4.90 Å². The summed E-state index contributed by atoms with van der Waals surface area (Å²) in [5, 5.41) is 13.5. The van der Waals surface area contributed by atoms with Crippen molar-refractivity contribution >= 4 is 11.5 Å². The maximum Gasteiger partial charge on any atom is 0.276 e. The zero-order chi connectivity index (χ0) is 18.5. The van der Waals surface area contributed by atoms with Gasteiger partial charge in [0.1, 0.15) is 23.7 Å². The topological polar surface area (TPSA) is 57.2 Å². The second-order valence-electron chi connectivity index (χ2n) is 6.40. The normalized spacial score (nSPS) is 21.9. The molecule has 1 aromatic carbocycles. The molecule has 2 aromatic heterocycles. The molecule has 0 amide bonds. The van der Waals surface area contributed by atoms with E-state index in [1.165, 1.54) is 40.7 Å². The molecule has 0 N–H and O–H groups in total. The number of rotatable bonds is 2. The Bertz CT molecular complexity index is 1020. The summed E-state index contributed by atoms with van der Waals surface area (Å²) >= 11 is 0. The van der Waals surface area contributed by atoms with Crippen LogP contribution in [0.3, 0.4) is 0 Å². The van der Waals surface area contributed by atoms with Gasteiger partial charge in [-0.3, -0.25) is 0 Å². The van der Waals surface area contributed by atoms with Crippen molar-refractivity contribution in [2.45, 2.75) is 18.9 Å². The highest BCUT2D eigenvalue weighted by Crippen LogP contribution is 2.49. The number of nitriles is 1. The summed E-state index contributed by atoms with van der Waals surface area (Å²) in [7, 11) is 0. The summed E-state index contributed by atoms with van der Waals surface area (Å²) in [6, 6.07) is 9.08. The average Bonchev–Trinajstić information content (AvgIpc) is 3.12. The van der Waals surface area contributed by atoms with Crippen molar-refractivity contribution in [3.8, 4) is 6.07 Å². The summed E-state index contributed by atoms with van der Waals surface area (Å²) in [5.41, 5.74) is 0.849. The molecule has 2 atom stereocenters. The number of nitrogens with zero attached hydrogens (tertiary/aromatic N) is 5. The molecule has 0 bridgehead atoms. The van der Waals surface area contributed by atoms with Crippen molar-refractivity contribution in [3.05, 3.63) is 59.7 Å². The van der Waals surface area contributed by atoms with E-state index in [1.54, 1.807) is 12.1 Å². The van der Waals surface area contributed by atoms with E-state index < -0.39 is 23.7 Å². The fourth-order valence-electron chi connectivity index (χ4n) is 3.40. The van der Waals surface area contributed by atoms with Crippen molar-refractivity contribution in [2.75, 3.05) is 11.4 Å². The van der Waals surface area contributed by atoms with Gasteiger partial charge in [0.2, 0.25) is 0 Å². The molecular formula is C18H14F3N5. The van der Waals surface area contributed by atoms with E-state index in [-0.39, 0.29) is 23.6 Å². The first-order chi connectivity index (χ1) is 12.4. The highest BCUT2D eigenvalue weighted by molar-refractivity contribution is 5.51. The number of hydrogen-bond donors (Lipinski definition) is 0. The number of benzene rings is 1. The summed E-state index contributed by atoms with van der Waals surface area (Å²) in [4.78, 5) is 5.51. The molecule has 0 radical (unpaired) electrons. The van der Waals surface area contributed by atoms with E-state index in [9.17, 15) is 13.2 Å². The summed E-state index contributed by atoms with van der Waals surface area (Å²) in [6.45, 7) is 1.52. The summed E-state index contributed by atoms with van der Waals surface area (Å²) < 4.78 is 44.7. The molecule has 132 valence electrons. The molecule has 4 rings (SSSR count). The smallest absolute Gasteiger partial charge is 0.276 e. The van der Waals surface area contributed by atoms with Crippen molar-refractivity contribution in [1.82, 2.24) is 14.6 Å². The number of halogens is 3. The summed E-state index contributed by atoms with van der Waals surface area (Å²) in [5.74, 6) is -4.28. The lowest BCUT2D eigenvalue weighted by atomic mass is 9.96. The molecule has 1 fully saturated rings. The third-order valence-corrected chi connectivity index (χ3v) is 4.73. The molecule has 1 aliphatic heterocycles. The van der Waals surface area contributed by atoms with Crippen LogP contribution in [0, 0.1) is 23.1 Å². The van der Waals surface area contributed by atoms with Crippen molar-refractivity contribution in [3.63, 3.8) is 0 Å². The number of fused-ring (bicyclic) bond motifs is 1. The Morgan fingerprint density at radius 1 is 1.27 bits per heavy atom. The van der Waals surface area contributed by atoms with Crippen LogP contribution in [0.25, 0.3) is 5.65 Å². The Kier molecular flexibility index (Phi) is 3.61. The molecule has 0 spiro atoms. The fourth-order valence-corrected chi connectivity index (χ4v) is 3.40. The van der Waals surface area contributed by atoms with Gasteiger partial charge in [0.05, 0.1) is 6.20 Å². The molecule has 0 aliphatic carbocycles. The first kappa shape index (κ1) is 16.4. The van der Waals surface area contributed by atoms with Gasteiger partial charge in [-0.25, -0.2) is 22.7 Å². The SMILES string of the molecule is C[C@H]1CN(c2ccc3ncc(C#N)n3n2)[C@H](c2cccc(F)c2)C1(F)F. The minimum atomic E-state index is -3.06. The predicted molar refractivity (Wildman–Crippen MR) is 88.3 cm³/mol. The predicted octanol–water partition coefficient (Wildman–Crippen LogP) is 3.57. The van der Waals surface area contributed by atoms with Gasteiger partial charge < -0.3 is 4.90 Å². The number of imidazole rings is 1. The third-order valence-electron chi connectivity index (χ3n) is 4.73. The van der Waals surface area contributed by atoms with Crippen LogP contribution in [0.5, 0.6) is 0 Å². The van der Waals surface area contributed by atoms with Crippen LogP contribution in [-0.4, -0.2) is 27.1 Å². The van der Waals surface area contributed by atoms with Gasteiger partial charge in [-0.05, 0) is 29.8 Å². The van der Waals surface area contributed by atoms with Gasteiger partial charge in [-0.15, -0.1) is 5.10 Å². The molecule has 1 saturated heterocycles. The second-order valence-corrected chi connectivity index (χ2v) is 6.40. The van der Waals surface area contributed by atoms with Gasteiger partial charge in [0.25, 0.3) is 5.92 Å². The zero-order valence-corrected chi connectivity index (χ0v) is 13.8. The number of alkyl halides is 2. The minimum Gasteiger partial charge on any atom is -0.342 e. The Morgan fingerprint density at radius 3 is 2.81 bits per heavy atom. The summed E-state index contributed by atoms with van der Waals surface area (Å²) in [6.07, 6.45) is 1.37. The first-order valence-corrected chi connectivity index (χ1v) is 8.06.